The molecular formula is C24H19CrN10O12S2. The van der Waals surface area contributed by atoms with E-state index in [2.05, 4.69) is 20.5 Å². The molecule has 0 heterocycles. The van der Waals surface area contributed by atoms with E-state index in [9.17, 15) is 56.4 Å². The summed E-state index contributed by atoms with van der Waals surface area (Å²) in [6, 6.07) is 8.97. The molecule has 0 unspecified atom stereocenters. The molecule has 22 nitrogen and oxygen atoms in total. The Bertz CT molecular complexity index is 2090. The first-order valence-corrected chi connectivity index (χ1v) is 14.9. The summed E-state index contributed by atoms with van der Waals surface area (Å²) < 4.78 is 66.2. The van der Waals surface area contributed by atoms with Crippen LogP contribution in [0.5, 0.6) is 11.5 Å². The Hall–Kier alpha value is -5.97. The third-order valence-corrected chi connectivity index (χ3v) is 7.36. The van der Waals surface area contributed by atoms with Crippen molar-refractivity contribution in [2.24, 2.45) is 20.5 Å². The van der Waals surface area contributed by atoms with Gasteiger partial charge in [-0.1, -0.05) is 12.1 Å². The summed E-state index contributed by atoms with van der Waals surface area (Å²) in [5.74, 6) is -0.852. The van der Waals surface area contributed by atoms with E-state index in [0.29, 0.717) is 12.1 Å². The van der Waals surface area contributed by atoms with E-state index in [-0.39, 0.29) is 67.1 Å². The summed E-state index contributed by atoms with van der Waals surface area (Å²) in [6.07, 6.45) is 0. The summed E-state index contributed by atoms with van der Waals surface area (Å²) in [4.78, 5) is 18.2. The smallest absolute Gasteiger partial charge is 0.744 e. The van der Waals surface area contributed by atoms with Crippen LogP contribution in [-0.4, -0.2) is 46.0 Å². The van der Waals surface area contributed by atoms with Crippen molar-refractivity contribution in [1.82, 2.24) is 0 Å². The number of nitro benzene ring substituents is 2. The molecule has 25 heteroatoms. The van der Waals surface area contributed by atoms with E-state index in [0.717, 1.165) is 48.5 Å². The zero-order valence-corrected chi connectivity index (χ0v) is 26.6. The van der Waals surface area contributed by atoms with Gasteiger partial charge in [0.05, 0.1) is 21.2 Å². The van der Waals surface area contributed by atoms with Crippen LogP contribution in [0.1, 0.15) is 4.28 Å². The molecule has 0 aliphatic carbocycles. The second-order valence-electron chi connectivity index (χ2n) is 8.90. The van der Waals surface area contributed by atoms with Crippen molar-refractivity contribution >= 4 is 77.1 Å². The average Bonchev–Trinajstić information content (AvgIpc) is 2.96. The van der Waals surface area contributed by atoms with Gasteiger partial charge in [-0.05, 0) is 24.3 Å². The van der Waals surface area contributed by atoms with E-state index >= 15 is 0 Å². The van der Waals surface area contributed by atoms with Gasteiger partial charge in [0.1, 0.15) is 43.1 Å². The topological polar surface area (TPSA) is 386 Å². The van der Waals surface area contributed by atoms with Crippen LogP contribution in [0.25, 0.3) is 22.9 Å². The number of nitrogens with zero attached hydrogens (tertiary/aromatic N) is 6. The molecule has 0 aliphatic rings. The normalized spacial score (nSPS) is 11.5. The van der Waals surface area contributed by atoms with Crippen molar-refractivity contribution in [2.75, 3.05) is 0 Å². The van der Waals surface area contributed by atoms with Gasteiger partial charge in [-0.3, -0.25) is 20.2 Å². The fourth-order valence-electron chi connectivity index (χ4n) is 3.34. The standard InChI is InChI=1S/2C12H9N5O6S.Cr/c2*13-7-4-8(14)12(24(21,22)23)5-9(7)15-16-10-3-6(17(19)20)1-2-11(10)18;/h2*1-5H,(H4-2,13,14,15,16,18,21,22,23);/q2*-2;+3/p+1. The van der Waals surface area contributed by atoms with E-state index < -0.39 is 62.7 Å². The summed E-state index contributed by atoms with van der Waals surface area (Å²) in [6.45, 7) is 0. The summed E-state index contributed by atoms with van der Waals surface area (Å²) in [5, 5.41) is 54.6. The third-order valence-electron chi connectivity index (χ3n) is 5.61. The Kier molecular flexibility index (Phi) is 12.2. The zero-order valence-electron chi connectivity index (χ0n) is 26.7. The number of phenolic OH excluding ortho intramolecular Hbond substituents is 2. The Balaban J connectivity index is 0. The zero-order chi connectivity index (χ0) is 36.1. The molecule has 0 spiro atoms. The molecule has 4 aromatic rings. The van der Waals surface area contributed by atoms with Gasteiger partial charge in [0, 0.05) is 34.1 Å². The molecule has 4 aromatic carbocycles. The first-order chi connectivity index (χ1) is 22.2. The number of rotatable bonds is 8. The quantitative estimate of drug-likeness (QED) is 0.0741. The molecule has 0 amide bonds. The minimum atomic E-state index is -4.94. The predicted molar refractivity (Wildman–Crippen MR) is 166 cm³/mol. The first-order valence-electron chi connectivity index (χ1n) is 12.1. The molecule has 0 saturated carbocycles. The molecule has 0 bridgehead atoms. The fourth-order valence-corrected chi connectivity index (χ4v) is 4.51. The van der Waals surface area contributed by atoms with Gasteiger partial charge in [0.15, 0.2) is 0 Å². The summed E-state index contributed by atoms with van der Waals surface area (Å²) >= 11 is 0. The van der Waals surface area contributed by atoms with Crippen LogP contribution < -0.4 is 0 Å². The molecule has 255 valence electrons. The number of benzene rings is 4. The van der Waals surface area contributed by atoms with Crippen molar-refractivity contribution in [3.05, 3.63) is 104 Å². The number of phenols is 2. The van der Waals surface area contributed by atoms with Crippen molar-refractivity contribution in [1.29, 1.82) is 0 Å². The Morgan fingerprint density at radius 3 is 1.14 bits per heavy atom. The second kappa shape index (κ2) is 15.3. The van der Waals surface area contributed by atoms with Crippen molar-refractivity contribution in [3.8, 4) is 11.5 Å². The maximum Gasteiger partial charge on any atom is 3.00 e. The number of non-ortho nitro benzene ring substituents is 2. The second-order valence-corrected chi connectivity index (χ2v) is 11.6. The maximum atomic E-state index is 11.0. The Morgan fingerprint density at radius 2 is 0.857 bits per heavy atom. The van der Waals surface area contributed by atoms with Gasteiger partial charge < -0.3 is 42.3 Å². The van der Waals surface area contributed by atoms with E-state index in [4.69, 9.17) is 22.9 Å². The monoisotopic (exact) mass is 755 g/mol. The van der Waals surface area contributed by atoms with Gasteiger partial charge in [0.25, 0.3) is 11.4 Å². The van der Waals surface area contributed by atoms with Crippen LogP contribution >= 0.6 is 0 Å². The largest absolute Gasteiger partial charge is 3.00 e. The molecule has 0 fully saturated rings. The molecule has 0 aromatic heterocycles. The summed E-state index contributed by atoms with van der Waals surface area (Å²) in [7, 11) is -9.89. The Labute approximate surface area is 289 Å². The van der Waals surface area contributed by atoms with E-state index in [1.54, 1.807) is 0 Å². The molecule has 0 atom stereocenters. The number of nitrogens with one attached hydrogen (secondary N) is 4. The number of azo groups is 2. The predicted octanol–water partition coefficient (Wildman–Crippen LogP) is 8.31. The van der Waals surface area contributed by atoms with Gasteiger partial charge in [-0.2, -0.15) is 10.2 Å². The van der Waals surface area contributed by atoms with Crippen LogP contribution in [0.3, 0.4) is 0 Å². The number of hydrogen-bond acceptors (Lipinski definition) is 16. The van der Waals surface area contributed by atoms with Crippen LogP contribution in [-0.2, 0) is 37.6 Å². The fraction of sp³-hybridized carbons (Fsp3) is 0. The van der Waals surface area contributed by atoms with Gasteiger partial charge in [-0.25, -0.2) is 16.8 Å². The SMILES string of the molecule is [Cr+3].[H+].[H+].[H+].[NH-]c1cc([NH-])c(S(=O)(=O)[O-])cc1N=Nc1cc([N+](=O)[O-])ccc1O.[NH-]c1cc([NH-])c(S(=O)(=O)[O-])cc1N=Nc1cc([N+](=O)[O-])ccc1O. The molecule has 6 N–H and O–H groups in total. The molecule has 49 heavy (non-hydrogen) atoms. The van der Waals surface area contributed by atoms with Crippen LogP contribution in [0, 0.1) is 20.2 Å². The maximum absolute atomic E-state index is 11.0. The molecule has 1 radical (unpaired) electrons. The Morgan fingerprint density at radius 1 is 0.551 bits per heavy atom. The number of hydrogen-bond donors (Lipinski definition) is 2. The van der Waals surface area contributed by atoms with E-state index in [1.165, 1.54) is 0 Å². The van der Waals surface area contributed by atoms with Crippen LogP contribution in [0.4, 0.5) is 56.9 Å². The van der Waals surface area contributed by atoms with E-state index in [1.807, 2.05) is 0 Å². The molecule has 0 aliphatic heterocycles. The number of nitro groups is 2. The molecule has 0 saturated heterocycles. The minimum Gasteiger partial charge on any atom is -0.744 e. The van der Waals surface area contributed by atoms with Crippen molar-refractivity contribution < 1.29 is 67.6 Å². The third kappa shape index (κ3) is 10.0. The van der Waals surface area contributed by atoms with Crippen LogP contribution in [0.15, 0.2) is 90.9 Å². The van der Waals surface area contributed by atoms with Gasteiger partial charge >= 0.3 is 21.6 Å². The number of aromatic hydroxyl groups is 2. The molecule has 4 rings (SSSR count). The summed E-state index contributed by atoms with van der Waals surface area (Å²) in [5.41, 5.74) is 25.9. The van der Waals surface area contributed by atoms with Crippen molar-refractivity contribution in [2.45, 2.75) is 9.79 Å². The first kappa shape index (κ1) is 39.2. The van der Waals surface area contributed by atoms with Crippen molar-refractivity contribution in [3.63, 3.8) is 0 Å². The molecular weight excluding hydrogens is 736 g/mol. The minimum absolute atomic E-state index is 0. The van der Waals surface area contributed by atoms with Crippen LogP contribution in [0.2, 0.25) is 0 Å². The van der Waals surface area contributed by atoms with Gasteiger partial charge in [-0.15, -0.1) is 33.0 Å². The van der Waals surface area contributed by atoms with Gasteiger partial charge in [0.2, 0.25) is 0 Å². The average molecular weight is 756 g/mol.